The van der Waals surface area contributed by atoms with E-state index in [2.05, 4.69) is 61.8 Å². The van der Waals surface area contributed by atoms with Gasteiger partial charge in [-0.25, -0.2) is 0 Å². The molecule has 4 aromatic rings. The second kappa shape index (κ2) is 21.0. The van der Waals surface area contributed by atoms with E-state index in [0.29, 0.717) is 0 Å². The van der Waals surface area contributed by atoms with Crippen molar-refractivity contribution in [3.63, 3.8) is 0 Å². The lowest BCUT2D eigenvalue weighted by molar-refractivity contribution is 0.105. The minimum atomic E-state index is -5.00. The van der Waals surface area contributed by atoms with Gasteiger partial charge in [0.2, 0.25) is 35.7 Å². The van der Waals surface area contributed by atoms with E-state index in [9.17, 15) is 53.0 Å². The highest BCUT2D eigenvalue weighted by Crippen LogP contribution is 2.28. The summed E-state index contributed by atoms with van der Waals surface area (Å²) in [4.78, 5) is 22.8. The van der Waals surface area contributed by atoms with Crippen LogP contribution in [0, 0.1) is 0 Å². The van der Waals surface area contributed by atoms with Crippen LogP contribution in [0.15, 0.2) is 46.2 Å². The molecule has 0 saturated heterocycles. The van der Waals surface area contributed by atoms with Gasteiger partial charge in [-0.05, 0) is 35.4 Å². The van der Waals surface area contributed by atoms with Crippen LogP contribution in [0.25, 0.3) is 12.2 Å². The molecule has 0 fully saturated rings. The number of aliphatic hydroxyl groups excluding tert-OH is 4. The summed E-state index contributed by atoms with van der Waals surface area (Å²) in [7, 11) is -18.7. The molecule has 0 aliphatic heterocycles. The standard InChI is InChI=1S/C30H40N12O16S4/c43-15-21(45)13-33-27-37-25(31-7-9-59(47,48)49)39-29(41-27)35-19-5-3-17(23(11-19)61(53,54)55)1-2-18-4-6-20(12-24(18)62(56,57)58)36-30-40-26(32-8-10-60(50,51)52)38-28(42-30)34-14-22(46)16-44/h1-6,11-12,21-22,43-46H,7-10,13-16H2,(H,47,48,49)(H,50,51,52)(H,53,54,55)(H,56,57,58)(H3,31,33,35,37,39,41)(H3,32,34,36,38,40,42). The van der Waals surface area contributed by atoms with Crippen LogP contribution in [0.2, 0.25) is 0 Å². The summed E-state index contributed by atoms with van der Waals surface area (Å²) >= 11 is 0. The van der Waals surface area contributed by atoms with E-state index in [1.165, 1.54) is 24.3 Å². The maximum absolute atomic E-state index is 12.5. The van der Waals surface area contributed by atoms with Crippen molar-refractivity contribution in [1.82, 2.24) is 29.9 Å². The Morgan fingerprint density at radius 3 is 1.13 bits per heavy atom. The van der Waals surface area contributed by atoms with Gasteiger partial charge >= 0.3 is 0 Å². The summed E-state index contributed by atoms with van der Waals surface area (Å²) in [6.45, 7) is -2.42. The van der Waals surface area contributed by atoms with E-state index in [4.69, 9.17) is 19.3 Å². The Balaban J connectivity index is 1.64. The molecule has 32 heteroatoms. The van der Waals surface area contributed by atoms with Crippen molar-refractivity contribution < 1.29 is 72.3 Å². The van der Waals surface area contributed by atoms with Gasteiger partial charge in [-0.3, -0.25) is 18.2 Å². The van der Waals surface area contributed by atoms with E-state index in [1.54, 1.807) is 0 Å². The average molecular weight is 953 g/mol. The Labute approximate surface area is 353 Å². The average Bonchev–Trinajstić information content (AvgIpc) is 3.17. The van der Waals surface area contributed by atoms with Crippen LogP contribution < -0.4 is 31.9 Å². The highest BCUT2D eigenvalue weighted by molar-refractivity contribution is 7.86. The van der Waals surface area contributed by atoms with Crippen LogP contribution in [0.3, 0.4) is 0 Å². The second-order valence-electron chi connectivity index (χ2n) is 12.5. The smallest absolute Gasteiger partial charge is 0.295 e. The molecule has 2 heterocycles. The quantitative estimate of drug-likeness (QED) is 0.0276. The number of nitrogens with zero attached hydrogens (tertiary/aromatic N) is 6. The predicted octanol–water partition coefficient (Wildman–Crippen LogP) is -1.66. The van der Waals surface area contributed by atoms with Gasteiger partial charge in [-0.15, -0.1) is 0 Å². The molecule has 2 atom stereocenters. The lowest BCUT2D eigenvalue weighted by atomic mass is 10.1. The SMILES string of the molecule is O=S(=O)(O)CCNc1nc(NCC(O)CO)nc(Nc2ccc(C=Cc3ccc(Nc4nc(NCCS(=O)(=O)O)nc(NCC(O)CO)n4)cc3S(=O)(=O)O)c(S(=O)(=O)O)c2)n1. The van der Waals surface area contributed by atoms with Gasteiger partial charge in [0.1, 0.15) is 9.79 Å². The van der Waals surface area contributed by atoms with Crippen LogP contribution in [-0.2, 0) is 40.5 Å². The largest absolute Gasteiger partial charge is 0.394 e. The highest BCUT2D eigenvalue weighted by atomic mass is 32.2. The molecule has 4 rings (SSSR count). The lowest BCUT2D eigenvalue weighted by Gasteiger charge is -2.14. The number of hydrogen-bond donors (Lipinski definition) is 14. The molecule has 62 heavy (non-hydrogen) atoms. The first-order valence-corrected chi connectivity index (χ1v) is 23.4. The Hall–Kier alpha value is -5.52. The molecule has 340 valence electrons. The van der Waals surface area contributed by atoms with E-state index < -0.39 is 87.2 Å². The molecule has 0 amide bonds. The minimum absolute atomic E-state index is 0.0432. The van der Waals surface area contributed by atoms with Crippen molar-refractivity contribution in [3.05, 3.63) is 47.5 Å². The summed E-state index contributed by atoms with van der Waals surface area (Å²) in [6, 6.07) is 6.91. The number of benzene rings is 2. The zero-order valence-corrected chi connectivity index (χ0v) is 34.9. The third kappa shape index (κ3) is 16.4. The zero-order valence-electron chi connectivity index (χ0n) is 31.6. The fourth-order valence-electron chi connectivity index (χ4n) is 4.69. The lowest BCUT2D eigenvalue weighted by Crippen LogP contribution is -2.24. The molecular weight excluding hydrogens is 913 g/mol. The summed E-state index contributed by atoms with van der Waals surface area (Å²) in [5, 5.41) is 53.3. The van der Waals surface area contributed by atoms with Gasteiger partial charge in [0.15, 0.2) is 0 Å². The van der Waals surface area contributed by atoms with Gasteiger partial charge in [-0.2, -0.15) is 63.6 Å². The van der Waals surface area contributed by atoms with Crippen LogP contribution in [0.5, 0.6) is 0 Å². The van der Waals surface area contributed by atoms with Crippen molar-refractivity contribution in [2.45, 2.75) is 22.0 Å². The molecule has 0 aliphatic carbocycles. The van der Waals surface area contributed by atoms with Gasteiger partial charge < -0.3 is 52.3 Å². The summed E-state index contributed by atoms with van der Waals surface area (Å²) in [5.74, 6) is -2.88. The third-order valence-electron chi connectivity index (χ3n) is 7.51. The molecule has 0 bridgehead atoms. The van der Waals surface area contributed by atoms with Crippen LogP contribution in [-0.4, -0.2) is 165 Å². The maximum atomic E-state index is 12.5. The first kappa shape index (κ1) is 49.1. The molecule has 0 radical (unpaired) electrons. The molecule has 2 unspecified atom stereocenters. The monoisotopic (exact) mass is 952 g/mol. The van der Waals surface area contributed by atoms with Crippen molar-refractivity contribution in [3.8, 4) is 0 Å². The Kier molecular flexibility index (Phi) is 16.7. The van der Waals surface area contributed by atoms with E-state index >= 15 is 0 Å². The Bertz CT molecular complexity index is 2510. The summed E-state index contributed by atoms with van der Waals surface area (Å²) < 4.78 is 133. The van der Waals surface area contributed by atoms with Gasteiger partial charge in [0, 0.05) is 37.6 Å². The highest BCUT2D eigenvalue weighted by Gasteiger charge is 2.20. The fraction of sp³-hybridized carbons (Fsp3) is 0.333. The van der Waals surface area contributed by atoms with Crippen LogP contribution >= 0.6 is 0 Å². The van der Waals surface area contributed by atoms with Crippen LogP contribution in [0.4, 0.5) is 47.1 Å². The number of anilines is 8. The summed E-state index contributed by atoms with van der Waals surface area (Å²) in [6.07, 6.45) is -0.250. The van der Waals surface area contributed by atoms with Gasteiger partial charge in [-0.1, -0.05) is 24.3 Å². The van der Waals surface area contributed by atoms with Crippen molar-refractivity contribution in [2.24, 2.45) is 0 Å². The number of hydrogen-bond acceptors (Lipinski definition) is 24. The predicted molar refractivity (Wildman–Crippen MR) is 221 cm³/mol. The van der Waals surface area contributed by atoms with Crippen LogP contribution in [0.1, 0.15) is 11.1 Å². The first-order valence-electron chi connectivity index (χ1n) is 17.3. The number of nitrogens with one attached hydrogen (secondary N) is 6. The van der Waals surface area contributed by atoms with Gasteiger partial charge in [0.05, 0.1) is 36.9 Å². The van der Waals surface area contributed by atoms with E-state index in [0.717, 1.165) is 24.3 Å². The molecule has 0 aliphatic rings. The fourth-order valence-corrected chi connectivity index (χ4v) is 6.83. The number of aromatic nitrogens is 6. The Morgan fingerprint density at radius 2 is 0.823 bits per heavy atom. The maximum Gasteiger partial charge on any atom is 0.295 e. The van der Waals surface area contributed by atoms with E-state index in [-0.39, 0.29) is 84.4 Å². The molecule has 14 N–H and O–H groups in total. The molecule has 0 saturated carbocycles. The molecular formula is C30H40N12O16S4. The molecule has 2 aromatic heterocycles. The normalized spacial score (nSPS) is 13.4. The minimum Gasteiger partial charge on any atom is -0.394 e. The number of rotatable bonds is 24. The topological polar surface area (TPSA) is 448 Å². The second-order valence-corrected chi connectivity index (χ2v) is 18.4. The van der Waals surface area contributed by atoms with E-state index in [1.807, 2.05) is 0 Å². The van der Waals surface area contributed by atoms with Crippen molar-refractivity contribution in [2.75, 3.05) is 82.8 Å². The third-order valence-corrected chi connectivity index (χ3v) is 10.8. The Morgan fingerprint density at radius 1 is 0.500 bits per heavy atom. The zero-order chi connectivity index (χ0) is 45.9. The number of aliphatic hydroxyl groups is 4. The van der Waals surface area contributed by atoms with Crippen molar-refractivity contribution in [1.29, 1.82) is 0 Å². The molecule has 28 nitrogen and oxygen atoms in total. The first-order chi connectivity index (χ1) is 28.9. The molecule has 0 spiro atoms. The van der Waals surface area contributed by atoms with Gasteiger partial charge in [0.25, 0.3) is 40.5 Å². The molecule has 2 aromatic carbocycles. The van der Waals surface area contributed by atoms with Crippen molar-refractivity contribution >= 4 is 99.7 Å². The summed E-state index contributed by atoms with van der Waals surface area (Å²) in [5.41, 5.74) is -0.456.